The second-order valence-electron chi connectivity index (χ2n) is 12.5. The minimum absolute atomic E-state index is 0.00219. The summed E-state index contributed by atoms with van der Waals surface area (Å²) in [6, 6.07) is 2.74. The van der Waals surface area contributed by atoms with Gasteiger partial charge in [0, 0.05) is 28.1 Å². The van der Waals surface area contributed by atoms with Crippen LogP contribution in [-0.4, -0.2) is 32.1 Å². The quantitative estimate of drug-likeness (QED) is 0.337. The number of ether oxygens (including phenoxy) is 1. The molecule has 9 rings (SSSR count). The molecule has 4 aliphatic carbocycles. The monoisotopic (exact) mass is 544 g/mol. The molecule has 206 valence electrons. The standard InChI is InChI=1S/C30H29FN4O5/c1-3-30(39)17-6-21-24-15(8-35(21)25(36)16(17)9-40-27(30)38)23-19(34-26(37)28-10-29(32,11-28)12-28)5-4-14-13(2)18(31)7-20(33-24)22(14)23/h6-7,19,39H,3-5,8-12,32H2,1-2H3,(H,34,37)/t19-,28?,29?,30+/m1/s1. The van der Waals surface area contributed by atoms with Crippen molar-refractivity contribution in [3.05, 3.63) is 61.7 Å². The number of hydrogen-bond acceptors (Lipinski definition) is 7. The number of nitrogens with two attached hydrogens (primary N) is 1. The number of carbonyl (C=O) groups is 2. The second kappa shape index (κ2) is 7.36. The van der Waals surface area contributed by atoms with Crippen molar-refractivity contribution in [2.45, 2.75) is 82.7 Å². The van der Waals surface area contributed by atoms with Crippen LogP contribution in [0.4, 0.5) is 4.39 Å². The van der Waals surface area contributed by atoms with Crippen LogP contribution in [0.1, 0.15) is 78.5 Å². The van der Waals surface area contributed by atoms with Gasteiger partial charge in [-0.25, -0.2) is 14.2 Å². The first-order chi connectivity index (χ1) is 19.0. The maximum Gasteiger partial charge on any atom is 0.343 e. The lowest BCUT2D eigenvalue weighted by Gasteiger charge is -2.67. The number of aryl methyl sites for hydroxylation is 1. The molecule has 0 saturated heterocycles. The molecular weight excluding hydrogens is 515 g/mol. The van der Waals surface area contributed by atoms with Crippen LogP contribution in [0.15, 0.2) is 16.9 Å². The molecular formula is C30H29FN4O5. The zero-order valence-corrected chi connectivity index (χ0v) is 22.3. The minimum atomic E-state index is -1.94. The van der Waals surface area contributed by atoms with Gasteiger partial charge in [-0.3, -0.25) is 9.59 Å². The van der Waals surface area contributed by atoms with E-state index in [2.05, 4.69) is 5.32 Å². The number of hydrogen-bond donors (Lipinski definition) is 3. The van der Waals surface area contributed by atoms with Gasteiger partial charge in [0.15, 0.2) is 5.60 Å². The summed E-state index contributed by atoms with van der Waals surface area (Å²) in [5.74, 6) is -1.14. The maximum atomic E-state index is 15.1. The Morgan fingerprint density at radius 2 is 2.00 bits per heavy atom. The Morgan fingerprint density at radius 1 is 1.25 bits per heavy atom. The molecule has 0 spiro atoms. The Morgan fingerprint density at radius 3 is 2.70 bits per heavy atom. The molecule has 3 saturated carbocycles. The highest BCUT2D eigenvalue weighted by molar-refractivity contribution is 5.94. The van der Waals surface area contributed by atoms with E-state index in [1.807, 2.05) is 0 Å². The van der Waals surface area contributed by atoms with Crippen molar-refractivity contribution in [3.63, 3.8) is 0 Å². The molecule has 6 aliphatic rings. The third-order valence-electron chi connectivity index (χ3n) is 10.2. The zero-order chi connectivity index (χ0) is 27.9. The summed E-state index contributed by atoms with van der Waals surface area (Å²) in [4.78, 5) is 44.6. The van der Waals surface area contributed by atoms with Gasteiger partial charge in [-0.2, -0.15) is 0 Å². The van der Waals surface area contributed by atoms with Crippen molar-refractivity contribution in [3.8, 4) is 11.4 Å². The van der Waals surface area contributed by atoms with Crippen LogP contribution in [0.25, 0.3) is 22.3 Å². The predicted molar refractivity (Wildman–Crippen MR) is 142 cm³/mol. The van der Waals surface area contributed by atoms with Crippen LogP contribution in [0.5, 0.6) is 0 Å². The molecule has 40 heavy (non-hydrogen) atoms. The Kier molecular flexibility index (Phi) is 4.45. The van der Waals surface area contributed by atoms with Crippen molar-refractivity contribution in [1.29, 1.82) is 0 Å². The van der Waals surface area contributed by atoms with Crippen molar-refractivity contribution in [2.24, 2.45) is 11.1 Å². The summed E-state index contributed by atoms with van der Waals surface area (Å²) in [5, 5.41) is 15.3. The molecule has 0 radical (unpaired) electrons. The number of aromatic nitrogens is 2. The first-order valence-corrected chi connectivity index (χ1v) is 13.9. The van der Waals surface area contributed by atoms with Gasteiger partial charge in [0.05, 0.1) is 40.5 Å². The molecule has 1 amide bonds. The summed E-state index contributed by atoms with van der Waals surface area (Å²) in [7, 11) is 0. The molecule has 1 aromatic carbocycles. The number of nitrogens with zero attached hydrogens (tertiary/aromatic N) is 2. The number of nitrogens with one attached hydrogen (secondary N) is 1. The molecule has 9 nitrogen and oxygen atoms in total. The molecule has 0 unspecified atom stereocenters. The number of cyclic esters (lactones) is 1. The van der Waals surface area contributed by atoms with E-state index >= 15 is 4.39 Å². The van der Waals surface area contributed by atoms with Gasteiger partial charge in [0.25, 0.3) is 5.56 Å². The highest BCUT2D eigenvalue weighted by atomic mass is 19.1. The van der Waals surface area contributed by atoms with Crippen molar-refractivity contribution in [2.75, 3.05) is 0 Å². The number of esters is 1. The van der Waals surface area contributed by atoms with E-state index in [4.69, 9.17) is 15.5 Å². The summed E-state index contributed by atoms with van der Waals surface area (Å²) in [6.45, 7) is 3.42. The number of amides is 1. The summed E-state index contributed by atoms with van der Waals surface area (Å²) in [6.07, 6.45) is 3.30. The van der Waals surface area contributed by atoms with Gasteiger partial charge in [-0.1, -0.05) is 6.92 Å². The number of benzene rings is 1. The number of halogens is 1. The van der Waals surface area contributed by atoms with Crippen molar-refractivity contribution < 1.29 is 23.8 Å². The first-order valence-electron chi connectivity index (χ1n) is 13.9. The number of aliphatic hydroxyl groups is 1. The van der Waals surface area contributed by atoms with E-state index in [1.54, 1.807) is 24.5 Å². The highest BCUT2D eigenvalue weighted by Gasteiger charge is 2.69. The fourth-order valence-electron chi connectivity index (χ4n) is 8.12. The second-order valence-corrected chi connectivity index (χ2v) is 12.5. The number of fused-ring (bicyclic) bond motifs is 5. The minimum Gasteiger partial charge on any atom is -0.458 e. The predicted octanol–water partition coefficient (Wildman–Crippen LogP) is 2.51. The Hall–Kier alpha value is -3.63. The van der Waals surface area contributed by atoms with Crippen LogP contribution in [0.3, 0.4) is 0 Å². The molecule has 2 atom stereocenters. The SMILES string of the molecule is CC[C@@]1(O)C(=O)OCc2c1cc1n(c2=O)Cc2c-1nc1cc(F)c(C)c3c1c2[C@H](NC(=O)C12CC(N)(C1)C2)CC3. The average Bonchev–Trinajstić information content (AvgIpc) is 3.26. The topological polar surface area (TPSA) is 137 Å². The van der Waals surface area contributed by atoms with Crippen LogP contribution in [0.2, 0.25) is 0 Å². The molecule has 3 aromatic rings. The van der Waals surface area contributed by atoms with Crippen LogP contribution in [-0.2, 0) is 39.5 Å². The van der Waals surface area contributed by atoms with E-state index in [-0.39, 0.29) is 59.6 Å². The fourth-order valence-corrected chi connectivity index (χ4v) is 8.12. The van der Waals surface area contributed by atoms with E-state index < -0.39 is 17.0 Å². The van der Waals surface area contributed by atoms with Crippen LogP contribution >= 0.6 is 0 Å². The van der Waals surface area contributed by atoms with Gasteiger partial charge in [-0.05, 0) is 68.2 Å². The van der Waals surface area contributed by atoms with E-state index in [0.29, 0.717) is 54.6 Å². The lowest BCUT2D eigenvalue weighted by Crippen LogP contribution is -2.76. The van der Waals surface area contributed by atoms with E-state index in [1.165, 1.54) is 6.07 Å². The molecule has 2 aliphatic heterocycles. The summed E-state index contributed by atoms with van der Waals surface area (Å²) in [5.41, 5.74) is 8.31. The van der Waals surface area contributed by atoms with Gasteiger partial charge < -0.3 is 25.5 Å². The molecule has 2 bridgehead atoms. The average molecular weight is 545 g/mol. The van der Waals surface area contributed by atoms with Crippen molar-refractivity contribution >= 4 is 22.8 Å². The molecule has 4 N–H and O–H groups in total. The smallest absolute Gasteiger partial charge is 0.343 e. The van der Waals surface area contributed by atoms with Gasteiger partial charge in [0.1, 0.15) is 12.4 Å². The zero-order valence-electron chi connectivity index (χ0n) is 22.3. The largest absolute Gasteiger partial charge is 0.458 e. The number of rotatable bonds is 3. The van der Waals surface area contributed by atoms with E-state index in [0.717, 1.165) is 22.1 Å². The number of pyridine rings is 2. The van der Waals surface area contributed by atoms with E-state index in [9.17, 15) is 19.5 Å². The third-order valence-corrected chi connectivity index (χ3v) is 10.2. The number of carbonyl (C=O) groups excluding carboxylic acids is 2. The van der Waals surface area contributed by atoms with Gasteiger partial charge in [-0.15, -0.1) is 0 Å². The summed E-state index contributed by atoms with van der Waals surface area (Å²) < 4.78 is 21.8. The molecule has 3 fully saturated rings. The third kappa shape index (κ3) is 2.78. The highest BCUT2D eigenvalue weighted by Crippen LogP contribution is 2.66. The first kappa shape index (κ1) is 24.2. The fraction of sp³-hybridized carbons (Fsp3) is 0.467. The normalized spacial score (nSPS) is 30.5. The van der Waals surface area contributed by atoms with Crippen molar-refractivity contribution in [1.82, 2.24) is 14.9 Å². The molecule has 4 heterocycles. The van der Waals surface area contributed by atoms with Crippen LogP contribution in [0, 0.1) is 18.2 Å². The maximum absolute atomic E-state index is 15.1. The van der Waals surface area contributed by atoms with Gasteiger partial charge in [0.2, 0.25) is 5.91 Å². The Labute approximate surface area is 228 Å². The molecule has 2 aromatic heterocycles. The van der Waals surface area contributed by atoms with Gasteiger partial charge >= 0.3 is 5.97 Å². The molecule has 10 heteroatoms. The Balaban J connectivity index is 1.33. The van der Waals surface area contributed by atoms with Crippen LogP contribution < -0.4 is 16.6 Å². The lowest BCUT2D eigenvalue weighted by atomic mass is 9.39. The lowest BCUT2D eigenvalue weighted by molar-refractivity contribution is -0.173. The Bertz CT molecular complexity index is 1790. The summed E-state index contributed by atoms with van der Waals surface area (Å²) >= 11 is 0.